The second kappa shape index (κ2) is 12.9. The fourth-order valence-electron chi connectivity index (χ4n) is 10.4. The van der Waals surface area contributed by atoms with Gasteiger partial charge in [-0.15, -0.1) is 0 Å². The Bertz CT molecular complexity index is 3270. The maximum Gasteiger partial charge on any atom is 0.0731 e. The largest absolute Gasteiger partial charge is 0.0731 e. The Balaban J connectivity index is 0.969. The molecule has 0 N–H and O–H groups in total. The molecule has 0 heteroatoms. The molecule has 0 bridgehead atoms. The van der Waals surface area contributed by atoms with E-state index in [2.05, 4.69) is 224 Å². The summed E-state index contributed by atoms with van der Waals surface area (Å²) < 4.78 is 0. The summed E-state index contributed by atoms with van der Waals surface area (Å²) in [5, 5.41) is 7.69. The Labute approximate surface area is 339 Å². The molecular weight excluding hydrogens is 697 g/mol. The fourth-order valence-corrected chi connectivity index (χ4v) is 10.4. The maximum atomic E-state index is 2.49. The number of benzene rings is 10. The molecule has 2 aliphatic rings. The van der Waals surface area contributed by atoms with Gasteiger partial charge in [0.2, 0.25) is 0 Å². The molecule has 10 aromatic rings. The lowest BCUT2D eigenvalue weighted by Gasteiger charge is -2.31. The summed E-state index contributed by atoms with van der Waals surface area (Å²) in [6.45, 7) is 0. The van der Waals surface area contributed by atoms with Crippen molar-refractivity contribution in [1.82, 2.24) is 0 Å². The monoisotopic (exact) mass is 734 g/mol. The molecule has 2 aliphatic carbocycles. The highest BCUT2D eigenvalue weighted by Crippen LogP contribution is 2.64. The molecule has 2 unspecified atom stereocenters. The van der Waals surface area contributed by atoms with Gasteiger partial charge in [-0.1, -0.05) is 218 Å². The molecule has 2 atom stereocenters. The summed E-state index contributed by atoms with van der Waals surface area (Å²) in [6.07, 6.45) is 4.69. The fraction of sp³-hybridized carbons (Fsp3) is 0.0345. The molecule has 0 aromatic heterocycles. The average molecular weight is 735 g/mol. The predicted molar refractivity (Wildman–Crippen MR) is 244 cm³/mol. The first-order valence-corrected chi connectivity index (χ1v) is 20.4. The van der Waals surface area contributed by atoms with Crippen LogP contribution in [0.15, 0.2) is 218 Å². The number of hydrogen-bond donors (Lipinski definition) is 0. The normalized spacial score (nSPS) is 15.5. The molecule has 1 spiro atoms. The van der Waals surface area contributed by atoms with Gasteiger partial charge in [0.05, 0.1) is 5.41 Å². The van der Waals surface area contributed by atoms with E-state index in [-0.39, 0.29) is 5.92 Å². The van der Waals surface area contributed by atoms with Crippen molar-refractivity contribution in [2.75, 3.05) is 0 Å². The molecule has 0 nitrogen and oxygen atoms in total. The van der Waals surface area contributed by atoms with Crippen LogP contribution < -0.4 is 0 Å². The highest BCUT2D eigenvalue weighted by atomic mass is 14.5. The van der Waals surface area contributed by atoms with Crippen molar-refractivity contribution < 1.29 is 0 Å². The second-order valence-corrected chi connectivity index (χ2v) is 15.9. The van der Waals surface area contributed by atoms with E-state index >= 15 is 0 Å². The molecule has 10 aromatic carbocycles. The lowest BCUT2D eigenvalue weighted by Crippen LogP contribution is -2.26. The standard InChI is InChI=1S/C58H38/c1-2-15-43-36-45(30-29-39(43)12-1)47(49-21-11-16-41-13-3-5-17-46(41)49)33-26-38-24-27-40(28-25-38)44-32-34-52-50-19-7-9-22-54(50)58(56(52)37-44)55-23-10-8-20-51(55)53-35-31-42-14-4-6-18-48(42)57(53)58/h1-37,47H/b33-26+. The van der Waals surface area contributed by atoms with Crippen LogP contribution in [0.2, 0.25) is 0 Å². The summed E-state index contributed by atoms with van der Waals surface area (Å²) in [4.78, 5) is 0. The zero-order valence-electron chi connectivity index (χ0n) is 31.9. The summed E-state index contributed by atoms with van der Waals surface area (Å²) in [5.74, 6) is 0.0955. The molecule has 12 rings (SSSR count). The van der Waals surface area contributed by atoms with Gasteiger partial charge in [-0.25, -0.2) is 0 Å². The van der Waals surface area contributed by atoms with Gasteiger partial charge >= 0.3 is 0 Å². The van der Waals surface area contributed by atoms with Gasteiger partial charge in [-0.05, 0) is 111 Å². The molecule has 0 heterocycles. The third-order valence-electron chi connectivity index (χ3n) is 13.0. The number of allylic oxidation sites excluding steroid dienone is 1. The van der Waals surface area contributed by atoms with Crippen molar-refractivity contribution >= 4 is 38.4 Å². The third kappa shape index (κ3) is 4.82. The van der Waals surface area contributed by atoms with Gasteiger partial charge in [-0.2, -0.15) is 0 Å². The van der Waals surface area contributed by atoms with Crippen LogP contribution >= 0.6 is 0 Å². The van der Waals surface area contributed by atoms with Gasteiger partial charge in [0.25, 0.3) is 0 Å². The van der Waals surface area contributed by atoms with Crippen LogP contribution in [-0.2, 0) is 5.41 Å². The Hall–Kier alpha value is -7.28. The smallest absolute Gasteiger partial charge is 0.0720 e. The zero-order valence-corrected chi connectivity index (χ0v) is 31.9. The van der Waals surface area contributed by atoms with Gasteiger partial charge in [0, 0.05) is 5.92 Å². The van der Waals surface area contributed by atoms with Crippen LogP contribution in [0.4, 0.5) is 0 Å². The Morgan fingerprint density at radius 2 is 0.931 bits per heavy atom. The molecule has 0 saturated heterocycles. The van der Waals surface area contributed by atoms with Crippen LogP contribution in [0.25, 0.3) is 71.8 Å². The molecule has 270 valence electrons. The topological polar surface area (TPSA) is 0 Å². The minimum absolute atomic E-state index is 0.0955. The van der Waals surface area contributed by atoms with Crippen molar-refractivity contribution in [3.8, 4) is 33.4 Å². The van der Waals surface area contributed by atoms with Gasteiger partial charge in [0.15, 0.2) is 0 Å². The number of fused-ring (bicyclic) bond motifs is 14. The Morgan fingerprint density at radius 3 is 1.72 bits per heavy atom. The van der Waals surface area contributed by atoms with E-state index in [0.29, 0.717) is 0 Å². The van der Waals surface area contributed by atoms with Gasteiger partial charge in [-0.3, -0.25) is 0 Å². The summed E-state index contributed by atoms with van der Waals surface area (Å²) in [7, 11) is 0. The van der Waals surface area contributed by atoms with Crippen molar-refractivity contribution in [2.24, 2.45) is 0 Å². The van der Waals surface area contributed by atoms with E-state index in [9.17, 15) is 0 Å². The molecule has 0 amide bonds. The zero-order chi connectivity index (χ0) is 38.2. The molecule has 58 heavy (non-hydrogen) atoms. The van der Waals surface area contributed by atoms with Crippen molar-refractivity contribution in [2.45, 2.75) is 11.3 Å². The van der Waals surface area contributed by atoms with E-state index in [1.807, 2.05) is 0 Å². The van der Waals surface area contributed by atoms with Crippen LogP contribution in [0.3, 0.4) is 0 Å². The summed E-state index contributed by atoms with van der Waals surface area (Å²) >= 11 is 0. The molecule has 0 fully saturated rings. The van der Waals surface area contributed by atoms with Gasteiger partial charge in [0.1, 0.15) is 0 Å². The lowest BCUT2D eigenvalue weighted by atomic mass is 9.69. The Morgan fingerprint density at radius 1 is 0.362 bits per heavy atom. The van der Waals surface area contributed by atoms with Crippen LogP contribution in [0, 0.1) is 0 Å². The van der Waals surface area contributed by atoms with Crippen LogP contribution in [0.5, 0.6) is 0 Å². The minimum atomic E-state index is -0.406. The first kappa shape index (κ1) is 32.9. The van der Waals surface area contributed by atoms with E-state index in [4.69, 9.17) is 0 Å². The molecule has 0 radical (unpaired) electrons. The van der Waals surface area contributed by atoms with Crippen molar-refractivity contribution in [1.29, 1.82) is 0 Å². The SMILES string of the molecule is C(=C\C(c1ccc2ccccc2c1)c1cccc2ccccc12)/c1ccc(-c2ccc3c(c2)C2(c4ccccc4-3)c3ccccc3-c3ccc4ccccc4c32)cc1. The lowest BCUT2D eigenvalue weighted by molar-refractivity contribution is 0.801. The average Bonchev–Trinajstić information content (AvgIpc) is 3.76. The molecule has 0 aliphatic heterocycles. The second-order valence-electron chi connectivity index (χ2n) is 15.9. The Kier molecular flexibility index (Phi) is 7.31. The third-order valence-corrected chi connectivity index (χ3v) is 13.0. The van der Waals surface area contributed by atoms with Crippen molar-refractivity contribution in [3.05, 3.63) is 257 Å². The van der Waals surface area contributed by atoms with Crippen molar-refractivity contribution in [3.63, 3.8) is 0 Å². The number of hydrogen-bond acceptors (Lipinski definition) is 0. The van der Waals surface area contributed by atoms with E-state index in [0.717, 1.165) is 0 Å². The summed E-state index contributed by atoms with van der Waals surface area (Å²) in [6, 6.07) is 79.1. The number of rotatable bonds is 5. The van der Waals surface area contributed by atoms with Crippen LogP contribution in [0.1, 0.15) is 44.9 Å². The van der Waals surface area contributed by atoms with Gasteiger partial charge < -0.3 is 0 Å². The summed E-state index contributed by atoms with van der Waals surface area (Å²) in [5.41, 5.74) is 16.7. The highest BCUT2D eigenvalue weighted by Gasteiger charge is 2.52. The minimum Gasteiger partial charge on any atom is -0.0720 e. The first-order chi connectivity index (χ1) is 28.8. The van der Waals surface area contributed by atoms with E-state index < -0.39 is 5.41 Å². The quantitative estimate of drug-likeness (QED) is 0.165. The molecular formula is C58H38. The predicted octanol–water partition coefficient (Wildman–Crippen LogP) is 15.0. The van der Waals surface area contributed by atoms with Crippen LogP contribution in [-0.4, -0.2) is 0 Å². The first-order valence-electron chi connectivity index (χ1n) is 20.4. The highest BCUT2D eigenvalue weighted by molar-refractivity contribution is 6.04. The molecule has 0 saturated carbocycles. The van der Waals surface area contributed by atoms with E-state index in [1.165, 1.54) is 105 Å². The van der Waals surface area contributed by atoms with E-state index in [1.54, 1.807) is 0 Å². The maximum absolute atomic E-state index is 2.49.